The van der Waals surface area contributed by atoms with E-state index in [1.54, 1.807) is 12.1 Å². The van der Waals surface area contributed by atoms with Crippen LogP contribution in [0.2, 0.25) is 0 Å². The van der Waals surface area contributed by atoms with E-state index in [0.29, 0.717) is 5.56 Å². The van der Waals surface area contributed by atoms with Gasteiger partial charge in [-0.05, 0) is 45.4 Å². The predicted molar refractivity (Wildman–Crippen MR) is 81.0 cm³/mol. The molecule has 1 rings (SSSR count). The quantitative estimate of drug-likeness (QED) is 0.857. The highest BCUT2D eigenvalue weighted by Gasteiger charge is 2.34. The molecule has 21 heavy (non-hydrogen) atoms. The standard InChI is InChI=1S/C15H22FNO3S/c1-11(21(5,19)20)14(18)17(15(2,3)4)10-12-7-6-8-13(16)9-12/h6-9,11H,10H2,1-5H3/t11-/m1/s1. The van der Waals surface area contributed by atoms with E-state index >= 15 is 0 Å². The first-order valence-electron chi connectivity index (χ1n) is 6.67. The number of rotatable bonds is 4. The van der Waals surface area contributed by atoms with Crippen molar-refractivity contribution in [2.75, 3.05) is 6.26 Å². The molecule has 0 spiro atoms. The smallest absolute Gasteiger partial charge is 0.241 e. The summed E-state index contributed by atoms with van der Waals surface area (Å²) in [4.78, 5) is 13.9. The maximum atomic E-state index is 13.3. The van der Waals surface area contributed by atoms with Gasteiger partial charge in [0.15, 0.2) is 9.84 Å². The molecular weight excluding hydrogens is 293 g/mol. The molecule has 0 radical (unpaired) electrons. The summed E-state index contributed by atoms with van der Waals surface area (Å²) in [7, 11) is -3.47. The normalized spacial score (nSPS) is 13.8. The lowest BCUT2D eigenvalue weighted by molar-refractivity contribution is -0.136. The molecule has 6 heteroatoms. The Bertz CT molecular complexity index is 620. The Morgan fingerprint density at radius 1 is 1.33 bits per heavy atom. The zero-order chi connectivity index (χ0) is 16.4. The average molecular weight is 315 g/mol. The second-order valence-electron chi connectivity index (χ2n) is 6.20. The molecular formula is C15H22FNO3S. The van der Waals surface area contributed by atoms with E-state index in [0.717, 1.165) is 6.26 Å². The van der Waals surface area contributed by atoms with Gasteiger partial charge in [-0.2, -0.15) is 0 Å². The highest BCUT2D eigenvalue weighted by molar-refractivity contribution is 7.92. The van der Waals surface area contributed by atoms with Crippen molar-refractivity contribution in [2.45, 2.75) is 45.0 Å². The molecule has 0 fully saturated rings. The molecule has 0 saturated carbocycles. The number of hydrogen-bond donors (Lipinski definition) is 0. The fourth-order valence-corrected chi connectivity index (χ4v) is 2.36. The van der Waals surface area contributed by atoms with E-state index in [1.165, 1.54) is 24.0 Å². The van der Waals surface area contributed by atoms with Crippen LogP contribution in [0.3, 0.4) is 0 Å². The van der Waals surface area contributed by atoms with Crippen LogP contribution >= 0.6 is 0 Å². The molecule has 1 aromatic carbocycles. The fraction of sp³-hybridized carbons (Fsp3) is 0.533. The van der Waals surface area contributed by atoms with Gasteiger partial charge in [-0.1, -0.05) is 12.1 Å². The Balaban J connectivity index is 3.11. The number of carbonyl (C=O) groups excluding carboxylic acids is 1. The number of sulfone groups is 1. The van der Waals surface area contributed by atoms with Gasteiger partial charge in [0.05, 0.1) is 0 Å². The van der Waals surface area contributed by atoms with Gasteiger partial charge in [0.25, 0.3) is 0 Å². The minimum Gasteiger partial charge on any atom is -0.332 e. The third-order valence-corrected chi connectivity index (χ3v) is 4.78. The molecule has 118 valence electrons. The summed E-state index contributed by atoms with van der Waals surface area (Å²) in [6, 6.07) is 5.94. The highest BCUT2D eigenvalue weighted by Crippen LogP contribution is 2.20. The molecule has 1 atom stereocenters. The van der Waals surface area contributed by atoms with Crippen molar-refractivity contribution in [3.8, 4) is 0 Å². The van der Waals surface area contributed by atoms with Crippen molar-refractivity contribution < 1.29 is 17.6 Å². The molecule has 0 unspecified atom stereocenters. The second-order valence-corrected chi connectivity index (χ2v) is 8.56. The Labute approximate surface area is 125 Å². The summed E-state index contributed by atoms with van der Waals surface area (Å²) < 4.78 is 36.5. The van der Waals surface area contributed by atoms with Gasteiger partial charge in [0.2, 0.25) is 5.91 Å². The van der Waals surface area contributed by atoms with Gasteiger partial charge >= 0.3 is 0 Å². The summed E-state index contributed by atoms with van der Waals surface area (Å²) in [6.45, 7) is 7.00. The molecule has 0 aliphatic carbocycles. The summed E-state index contributed by atoms with van der Waals surface area (Å²) in [5.74, 6) is -0.862. The first-order chi connectivity index (χ1) is 9.43. The van der Waals surface area contributed by atoms with Crippen LogP contribution in [0.1, 0.15) is 33.3 Å². The molecule has 0 aliphatic heterocycles. The molecule has 4 nitrogen and oxygen atoms in total. The summed E-state index contributed by atoms with van der Waals surface area (Å²) in [5.41, 5.74) is 0.0569. The monoisotopic (exact) mass is 315 g/mol. The van der Waals surface area contributed by atoms with Gasteiger partial charge in [-0.15, -0.1) is 0 Å². The lowest BCUT2D eigenvalue weighted by Gasteiger charge is -2.37. The second kappa shape index (κ2) is 6.13. The molecule has 0 N–H and O–H groups in total. The molecule has 1 amide bonds. The van der Waals surface area contributed by atoms with Gasteiger partial charge in [-0.3, -0.25) is 4.79 Å². The topological polar surface area (TPSA) is 54.5 Å². The zero-order valence-corrected chi connectivity index (χ0v) is 13.9. The summed E-state index contributed by atoms with van der Waals surface area (Å²) in [5, 5.41) is -1.12. The number of halogens is 1. The van der Waals surface area contributed by atoms with Crippen LogP contribution in [0, 0.1) is 5.82 Å². The number of nitrogens with zero attached hydrogens (tertiary/aromatic N) is 1. The number of amides is 1. The molecule has 0 aliphatic rings. The van der Waals surface area contributed by atoms with Crippen LogP contribution in [0.4, 0.5) is 4.39 Å². The molecule has 0 heterocycles. The Morgan fingerprint density at radius 3 is 2.33 bits per heavy atom. The lowest BCUT2D eigenvalue weighted by Crippen LogP contribution is -2.50. The van der Waals surface area contributed by atoms with E-state index in [2.05, 4.69) is 0 Å². The van der Waals surface area contributed by atoms with Crippen LogP contribution in [0.15, 0.2) is 24.3 Å². The Hall–Kier alpha value is -1.43. The first kappa shape index (κ1) is 17.6. The average Bonchev–Trinajstić information content (AvgIpc) is 2.32. The van der Waals surface area contributed by atoms with Crippen LogP contribution in [0.5, 0.6) is 0 Å². The Kier molecular flexibility index (Phi) is 5.15. The van der Waals surface area contributed by atoms with Gasteiger partial charge in [0, 0.05) is 18.3 Å². The Morgan fingerprint density at radius 2 is 1.90 bits per heavy atom. The predicted octanol–water partition coefficient (Wildman–Crippen LogP) is 2.39. The minimum atomic E-state index is -3.47. The largest absolute Gasteiger partial charge is 0.332 e. The third kappa shape index (κ3) is 4.81. The summed E-state index contributed by atoms with van der Waals surface area (Å²) in [6.07, 6.45) is 1.04. The van der Waals surface area contributed by atoms with E-state index in [1.807, 2.05) is 20.8 Å². The van der Waals surface area contributed by atoms with Crippen LogP contribution in [0.25, 0.3) is 0 Å². The molecule has 1 aromatic rings. The number of hydrogen-bond acceptors (Lipinski definition) is 3. The van der Waals surface area contributed by atoms with E-state index in [4.69, 9.17) is 0 Å². The van der Waals surface area contributed by atoms with Gasteiger partial charge in [0.1, 0.15) is 11.1 Å². The number of carbonyl (C=O) groups is 1. The van der Waals surface area contributed by atoms with Crippen molar-refractivity contribution in [1.29, 1.82) is 0 Å². The van der Waals surface area contributed by atoms with Gasteiger partial charge < -0.3 is 4.90 Å². The van der Waals surface area contributed by atoms with Crippen molar-refractivity contribution in [3.05, 3.63) is 35.6 Å². The van der Waals surface area contributed by atoms with Crippen molar-refractivity contribution in [1.82, 2.24) is 4.90 Å². The highest BCUT2D eigenvalue weighted by atomic mass is 32.2. The van der Waals surface area contributed by atoms with E-state index < -0.39 is 26.5 Å². The maximum Gasteiger partial charge on any atom is 0.241 e. The van der Waals surface area contributed by atoms with Crippen LogP contribution < -0.4 is 0 Å². The minimum absolute atomic E-state index is 0.167. The zero-order valence-electron chi connectivity index (χ0n) is 13.1. The SMILES string of the molecule is C[C@H](C(=O)N(Cc1cccc(F)c1)C(C)(C)C)S(C)(=O)=O. The molecule has 0 saturated heterocycles. The summed E-state index contributed by atoms with van der Waals surface area (Å²) >= 11 is 0. The van der Waals surface area contributed by atoms with Gasteiger partial charge in [-0.25, -0.2) is 12.8 Å². The first-order valence-corrected chi connectivity index (χ1v) is 8.63. The third-order valence-electron chi connectivity index (χ3n) is 3.30. The van der Waals surface area contributed by atoms with Crippen molar-refractivity contribution in [3.63, 3.8) is 0 Å². The van der Waals surface area contributed by atoms with E-state index in [-0.39, 0.29) is 12.4 Å². The molecule has 0 aromatic heterocycles. The van der Waals surface area contributed by atoms with Crippen molar-refractivity contribution >= 4 is 15.7 Å². The van der Waals surface area contributed by atoms with E-state index in [9.17, 15) is 17.6 Å². The number of benzene rings is 1. The lowest BCUT2D eigenvalue weighted by atomic mass is 10.0. The maximum absolute atomic E-state index is 13.3. The van der Waals surface area contributed by atoms with Crippen molar-refractivity contribution in [2.24, 2.45) is 0 Å². The van der Waals surface area contributed by atoms with Crippen LogP contribution in [-0.4, -0.2) is 36.3 Å². The molecule has 0 bridgehead atoms. The van der Waals surface area contributed by atoms with Crippen LogP contribution in [-0.2, 0) is 21.2 Å². The fourth-order valence-electron chi connectivity index (χ4n) is 1.87.